The fraction of sp³-hybridized carbons (Fsp3) is 0. The summed E-state index contributed by atoms with van der Waals surface area (Å²) in [7, 11) is 0. The highest BCUT2D eigenvalue weighted by Crippen LogP contribution is 2.40. The molecule has 0 bridgehead atoms. The van der Waals surface area contributed by atoms with Crippen LogP contribution in [0.3, 0.4) is 0 Å². The second-order valence-corrected chi connectivity index (χ2v) is 14.9. The van der Waals surface area contributed by atoms with Gasteiger partial charge in [0, 0.05) is 38.2 Å². The van der Waals surface area contributed by atoms with E-state index in [1.165, 1.54) is 26.9 Å². The lowest BCUT2D eigenvalue weighted by atomic mass is 10.0. The second-order valence-electron chi connectivity index (χ2n) is 14.9. The van der Waals surface area contributed by atoms with Crippen LogP contribution >= 0.6 is 0 Å². The number of hydrogen-bond donors (Lipinski definition) is 0. The van der Waals surface area contributed by atoms with E-state index < -0.39 is 0 Å². The molecule has 12 rings (SSSR count). The topological polar surface area (TPSA) is 56.7 Å². The molecule has 0 saturated carbocycles. The van der Waals surface area contributed by atoms with Crippen molar-refractivity contribution in [3.8, 4) is 51.0 Å². The zero-order chi connectivity index (χ0) is 38.2. The lowest BCUT2D eigenvalue weighted by Crippen LogP contribution is -2.00. The maximum absolute atomic E-state index is 6.91. The first-order valence-corrected chi connectivity index (χ1v) is 19.5. The standard InChI is InChI=1S/C53H32N4O/c1-2-12-33(13-3-1)36-18-10-19-39(28-36)51-54-52(40-25-24-34-14-4-5-15-35(34)29-40)56-53(55-51)41-26-27-43-44-21-11-23-47(50(44)58-49(43)32-41)57-46-22-9-8-20-42(46)45-30-37-16-6-7-17-38(37)31-48(45)57/h1-32H. The first-order valence-electron chi connectivity index (χ1n) is 19.5. The quantitative estimate of drug-likeness (QED) is 0.176. The molecular formula is C53H32N4O. The summed E-state index contributed by atoms with van der Waals surface area (Å²) in [5.74, 6) is 1.80. The zero-order valence-corrected chi connectivity index (χ0v) is 31.2. The third kappa shape index (κ3) is 5.21. The fourth-order valence-corrected chi connectivity index (χ4v) is 8.57. The van der Waals surface area contributed by atoms with Gasteiger partial charge in [-0.15, -0.1) is 0 Å². The molecule has 3 aromatic heterocycles. The van der Waals surface area contributed by atoms with Gasteiger partial charge in [-0.2, -0.15) is 0 Å². The van der Waals surface area contributed by atoms with E-state index in [9.17, 15) is 0 Å². The van der Waals surface area contributed by atoms with Crippen LogP contribution in [0.4, 0.5) is 0 Å². The molecule has 0 spiro atoms. The van der Waals surface area contributed by atoms with Crippen LogP contribution in [0.5, 0.6) is 0 Å². The average molecular weight is 741 g/mol. The number of aromatic nitrogens is 4. The molecule has 5 nitrogen and oxygen atoms in total. The molecule has 0 radical (unpaired) electrons. The van der Waals surface area contributed by atoms with Crippen LogP contribution in [0.2, 0.25) is 0 Å². The SMILES string of the molecule is c1ccc(-c2cccc(-c3nc(-c4ccc5ccccc5c4)nc(-c4ccc5c(c4)oc4c(-n6c7ccccc7c7cc8ccccc8cc76)cccc45)n3)c2)cc1. The number of furan rings is 1. The Morgan fingerprint density at radius 1 is 0.328 bits per heavy atom. The normalized spacial score (nSPS) is 11.8. The van der Waals surface area contributed by atoms with Gasteiger partial charge in [-0.1, -0.05) is 146 Å². The van der Waals surface area contributed by atoms with Gasteiger partial charge in [-0.05, 0) is 81.2 Å². The van der Waals surface area contributed by atoms with E-state index in [-0.39, 0.29) is 0 Å². The van der Waals surface area contributed by atoms with Crippen LogP contribution < -0.4 is 0 Å². The summed E-state index contributed by atoms with van der Waals surface area (Å²) in [5, 5.41) is 9.23. The molecule has 270 valence electrons. The Bertz CT molecular complexity index is 3580. The van der Waals surface area contributed by atoms with Gasteiger partial charge in [-0.3, -0.25) is 0 Å². The zero-order valence-electron chi connectivity index (χ0n) is 31.2. The monoisotopic (exact) mass is 740 g/mol. The van der Waals surface area contributed by atoms with Gasteiger partial charge >= 0.3 is 0 Å². The minimum Gasteiger partial charge on any atom is -0.454 e. The highest BCUT2D eigenvalue weighted by atomic mass is 16.3. The Kier molecular flexibility index (Phi) is 7.16. The Hall–Kier alpha value is -7.89. The summed E-state index contributed by atoms with van der Waals surface area (Å²) in [6.45, 7) is 0. The number of rotatable bonds is 5. The molecular weight excluding hydrogens is 709 g/mol. The predicted octanol–water partition coefficient (Wildman–Crippen LogP) is 13.8. The highest BCUT2D eigenvalue weighted by molar-refractivity contribution is 6.15. The summed E-state index contributed by atoms with van der Waals surface area (Å²) in [6.07, 6.45) is 0. The lowest BCUT2D eigenvalue weighted by Gasteiger charge is -2.10. The maximum atomic E-state index is 6.91. The Labute approximate surface area is 333 Å². The summed E-state index contributed by atoms with van der Waals surface area (Å²) in [5.41, 5.74) is 9.80. The van der Waals surface area contributed by atoms with Gasteiger partial charge in [0.1, 0.15) is 5.58 Å². The first kappa shape index (κ1) is 32.4. The lowest BCUT2D eigenvalue weighted by molar-refractivity contribution is 0.666. The van der Waals surface area contributed by atoms with Crippen molar-refractivity contribution in [1.29, 1.82) is 0 Å². The Balaban J connectivity index is 1.04. The third-order valence-electron chi connectivity index (χ3n) is 11.4. The van der Waals surface area contributed by atoms with Gasteiger partial charge in [0.15, 0.2) is 23.1 Å². The number of hydrogen-bond acceptors (Lipinski definition) is 4. The second kappa shape index (κ2) is 12.8. The van der Waals surface area contributed by atoms with Crippen molar-refractivity contribution in [1.82, 2.24) is 19.5 Å². The van der Waals surface area contributed by atoms with Crippen LogP contribution in [0.25, 0.3) is 116 Å². The average Bonchev–Trinajstić information content (AvgIpc) is 3.83. The first-order chi connectivity index (χ1) is 28.7. The summed E-state index contributed by atoms with van der Waals surface area (Å²) in [4.78, 5) is 15.4. The fourth-order valence-electron chi connectivity index (χ4n) is 8.57. The molecule has 58 heavy (non-hydrogen) atoms. The molecule has 0 aliphatic rings. The van der Waals surface area contributed by atoms with E-state index in [4.69, 9.17) is 19.4 Å². The highest BCUT2D eigenvalue weighted by Gasteiger charge is 2.20. The molecule has 0 aliphatic carbocycles. The minimum atomic E-state index is 0.579. The maximum Gasteiger partial charge on any atom is 0.164 e. The number of fused-ring (bicyclic) bond motifs is 8. The van der Waals surface area contributed by atoms with Crippen molar-refractivity contribution in [3.63, 3.8) is 0 Å². The number of nitrogens with zero attached hydrogens (tertiary/aromatic N) is 4. The van der Waals surface area contributed by atoms with E-state index >= 15 is 0 Å². The molecule has 0 saturated heterocycles. The van der Waals surface area contributed by atoms with Crippen LogP contribution in [-0.2, 0) is 0 Å². The van der Waals surface area contributed by atoms with Crippen molar-refractivity contribution in [2.75, 3.05) is 0 Å². The molecule has 0 N–H and O–H groups in total. The third-order valence-corrected chi connectivity index (χ3v) is 11.4. The molecule has 0 fully saturated rings. The minimum absolute atomic E-state index is 0.579. The smallest absolute Gasteiger partial charge is 0.164 e. The molecule has 0 amide bonds. The molecule has 3 heterocycles. The number of para-hydroxylation sites is 2. The summed E-state index contributed by atoms with van der Waals surface area (Å²) in [6, 6.07) is 68.0. The van der Waals surface area contributed by atoms with E-state index in [0.717, 1.165) is 71.9 Å². The van der Waals surface area contributed by atoms with Gasteiger partial charge in [0.05, 0.1) is 16.7 Å². The van der Waals surface area contributed by atoms with E-state index in [0.29, 0.717) is 17.5 Å². The van der Waals surface area contributed by atoms with Gasteiger partial charge in [0.2, 0.25) is 0 Å². The van der Waals surface area contributed by atoms with Gasteiger partial charge in [-0.25, -0.2) is 15.0 Å². The molecule has 0 atom stereocenters. The predicted molar refractivity (Wildman–Crippen MR) is 238 cm³/mol. The van der Waals surface area contributed by atoms with E-state index in [1.54, 1.807) is 0 Å². The summed E-state index contributed by atoms with van der Waals surface area (Å²) >= 11 is 0. The van der Waals surface area contributed by atoms with Crippen LogP contribution in [0.1, 0.15) is 0 Å². The van der Waals surface area contributed by atoms with Crippen molar-refractivity contribution in [3.05, 3.63) is 194 Å². The van der Waals surface area contributed by atoms with Crippen molar-refractivity contribution in [2.24, 2.45) is 0 Å². The van der Waals surface area contributed by atoms with Crippen molar-refractivity contribution in [2.45, 2.75) is 0 Å². The van der Waals surface area contributed by atoms with Crippen molar-refractivity contribution >= 4 is 65.3 Å². The van der Waals surface area contributed by atoms with Crippen LogP contribution in [0, 0.1) is 0 Å². The van der Waals surface area contributed by atoms with Gasteiger partial charge < -0.3 is 8.98 Å². The Morgan fingerprint density at radius 2 is 0.914 bits per heavy atom. The van der Waals surface area contributed by atoms with Crippen LogP contribution in [0.15, 0.2) is 199 Å². The van der Waals surface area contributed by atoms with Crippen molar-refractivity contribution < 1.29 is 4.42 Å². The van der Waals surface area contributed by atoms with Gasteiger partial charge in [0.25, 0.3) is 0 Å². The van der Waals surface area contributed by atoms with Crippen LogP contribution in [-0.4, -0.2) is 19.5 Å². The molecule has 0 unspecified atom stereocenters. The largest absolute Gasteiger partial charge is 0.454 e. The summed E-state index contributed by atoms with van der Waals surface area (Å²) < 4.78 is 9.25. The van der Waals surface area contributed by atoms with E-state index in [1.807, 2.05) is 6.07 Å². The Morgan fingerprint density at radius 3 is 1.72 bits per heavy atom. The number of benzene rings is 9. The molecule has 0 aliphatic heterocycles. The molecule has 12 aromatic rings. The molecule has 5 heteroatoms. The van der Waals surface area contributed by atoms with E-state index in [2.05, 4.69) is 193 Å². The molecule has 9 aromatic carbocycles.